The maximum Gasteiger partial charge on any atom is 0.264 e. The average molecular weight is 183 g/mol. The molecule has 0 heterocycles. The molecule has 0 aliphatic rings. The Labute approximate surface area is 66.4 Å². The highest BCUT2D eigenvalue weighted by molar-refractivity contribution is 7.85. The van der Waals surface area contributed by atoms with E-state index in [-0.39, 0.29) is 5.75 Å². The van der Waals surface area contributed by atoms with Crippen LogP contribution in [0.2, 0.25) is 0 Å². The second-order valence-corrected chi connectivity index (χ2v) is 3.54. The van der Waals surface area contributed by atoms with Gasteiger partial charge in [-0.2, -0.15) is 8.42 Å². The molecule has 0 atom stereocenters. The molecule has 0 saturated carbocycles. The van der Waals surface area contributed by atoms with Gasteiger partial charge in [0.05, 0.1) is 12.4 Å². The zero-order valence-corrected chi connectivity index (χ0v) is 7.23. The SMILES string of the molecule is CCONCCCS(=O)(=O)O. The van der Waals surface area contributed by atoms with Gasteiger partial charge < -0.3 is 4.84 Å². The third-order valence-corrected chi connectivity index (χ3v) is 1.73. The Hall–Kier alpha value is -0.170. The van der Waals surface area contributed by atoms with Crippen LogP contribution < -0.4 is 5.48 Å². The van der Waals surface area contributed by atoms with E-state index in [4.69, 9.17) is 9.39 Å². The maximum atomic E-state index is 10.2. The number of hydroxylamine groups is 1. The fourth-order valence-electron chi connectivity index (χ4n) is 0.501. The summed E-state index contributed by atoms with van der Waals surface area (Å²) in [6.07, 6.45) is 0.346. The Kier molecular flexibility index (Phi) is 5.39. The van der Waals surface area contributed by atoms with E-state index in [2.05, 4.69) is 5.48 Å². The van der Waals surface area contributed by atoms with E-state index in [1.54, 1.807) is 0 Å². The van der Waals surface area contributed by atoms with Crippen LogP contribution in [0.3, 0.4) is 0 Å². The normalized spacial score (nSPS) is 11.8. The van der Waals surface area contributed by atoms with Gasteiger partial charge in [-0.05, 0) is 13.3 Å². The lowest BCUT2D eigenvalue weighted by Crippen LogP contribution is -2.18. The van der Waals surface area contributed by atoms with Crippen molar-refractivity contribution in [1.29, 1.82) is 0 Å². The van der Waals surface area contributed by atoms with Crippen molar-refractivity contribution >= 4 is 10.1 Å². The predicted molar refractivity (Wildman–Crippen MR) is 40.7 cm³/mol. The summed E-state index contributed by atoms with van der Waals surface area (Å²) in [6.45, 7) is 2.77. The lowest BCUT2D eigenvalue weighted by Gasteiger charge is -2.00. The van der Waals surface area contributed by atoms with Crippen LogP contribution in [0.5, 0.6) is 0 Å². The number of nitrogens with one attached hydrogen (secondary N) is 1. The number of hydrogen-bond acceptors (Lipinski definition) is 4. The molecule has 0 rings (SSSR count). The molecular weight excluding hydrogens is 170 g/mol. The molecule has 0 bridgehead atoms. The lowest BCUT2D eigenvalue weighted by molar-refractivity contribution is 0.0513. The Morgan fingerprint density at radius 3 is 2.64 bits per heavy atom. The summed E-state index contributed by atoms with van der Waals surface area (Å²) < 4.78 is 28.6. The van der Waals surface area contributed by atoms with Crippen molar-refractivity contribution in [2.45, 2.75) is 13.3 Å². The van der Waals surface area contributed by atoms with Gasteiger partial charge in [0.1, 0.15) is 0 Å². The molecule has 0 aromatic carbocycles. The van der Waals surface area contributed by atoms with Gasteiger partial charge in [-0.15, -0.1) is 0 Å². The van der Waals surface area contributed by atoms with Crippen molar-refractivity contribution in [3.8, 4) is 0 Å². The summed E-state index contributed by atoms with van der Waals surface area (Å²) in [6, 6.07) is 0. The number of hydrogen-bond donors (Lipinski definition) is 2. The minimum atomic E-state index is -3.81. The molecule has 0 aromatic rings. The van der Waals surface area contributed by atoms with E-state index < -0.39 is 10.1 Å². The van der Waals surface area contributed by atoms with Crippen molar-refractivity contribution in [2.24, 2.45) is 0 Å². The van der Waals surface area contributed by atoms with Crippen molar-refractivity contribution in [3.63, 3.8) is 0 Å². The van der Waals surface area contributed by atoms with Gasteiger partial charge in [0.25, 0.3) is 10.1 Å². The summed E-state index contributed by atoms with van der Waals surface area (Å²) in [5, 5.41) is 0. The van der Waals surface area contributed by atoms with Crippen LogP contribution >= 0.6 is 0 Å². The van der Waals surface area contributed by atoms with Crippen LogP contribution in [0, 0.1) is 0 Å². The first-order chi connectivity index (χ1) is 5.06. The zero-order valence-electron chi connectivity index (χ0n) is 6.41. The van der Waals surface area contributed by atoms with E-state index in [0.717, 1.165) is 0 Å². The van der Waals surface area contributed by atoms with Gasteiger partial charge in [-0.3, -0.25) is 4.55 Å². The molecule has 0 amide bonds. The quantitative estimate of drug-likeness (QED) is 0.339. The van der Waals surface area contributed by atoms with E-state index in [1.807, 2.05) is 6.92 Å². The van der Waals surface area contributed by atoms with Crippen LogP contribution in [0.4, 0.5) is 0 Å². The first kappa shape index (κ1) is 10.8. The van der Waals surface area contributed by atoms with Crippen molar-refractivity contribution in [2.75, 3.05) is 18.9 Å². The standard InChI is InChI=1S/C5H13NO4S/c1-2-10-6-4-3-5-11(7,8)9/h6H,2-5H2,1H3,(H,7,8,9). The molecule has 11 heavy (non-hydrogen) atoms. The molecule has 0 aliphatic heterocycles. The fourth-order valence-corrected chi connectivity index (χ4v) is 1.01. The van der Waals surface area contributed by atoms with Gasteiger partial charge in [0.15, 0.2) is 0 Å². The third kappa shape index (κ3) is 9.83. The molecule has 6 heteroatoms. The maximum absolute atomic E-state index is 10.2. The second kappa shape index (κ2) is 5.48. The van der Waals surface area contributed by atoms with Crippen molar-refractivity contribution in [1.82, 2.24) is 5.48 Å². The Balaban J connectivity index is 3.16. The molecular formula is C5H13NO4S. The molecule has 2 N–H and O–H groups in total. The minimum Gasteiger partial charge on any atom is -0.302 e. The Morgan fingerprint density at radius 1 is 1.55 bits per heavy atom. The van der Waals surface area contributed by atoms with Crippen molar-refractivity contribution in [3.05, 3.63) is 0 Å². The number of rotatable bonds is 6. The first-order valence-corrected chi connectivity index (χ1v) is 4.97. The molecule has 0 aromatic heterocycles. The summed E-state index contributed by atoms with van der Waals surface area (Å²) in [5.41, 5.74) is 2.53. The largest absolute Gasteiger partial charge is 0.302 e. The van der Waals surface area contributed by atoms with Crippen molar-refractivity contribution < 1.29 is 17.8 Å². The van der Waals surface area contributed by atoms with Gasteiger partial charge in [0, 0.05) is 6.54 Å². The second-order valence-electron chi connectivity index (χ2n) is 1.97. The van der Waals surface area contributed by atoms with Crippen LogP contribution in [-0.4, -0.2) is 31.9 Å². The summed E-state index contributed by atoms with van der Waals surface area (Å²) in [4.78, 5) is 4.72. The fraction of sp³-hybridized carbons (Fsp3) is 1.00. The van der Waals surface area contributed by atoms with E-state index in [1.165, 1.54) is 0 Å². The average Bonchev–Trinajstić information content (AvgIpc) is 1.85. The molecule has 68 valence electrons. The van der Waals surface area contributed by atoms with Gasteiger partial charge in [-0.1, -0.05) is 0 Å². The highest BCUT2D eigenvalue weighted by Crippen LogP contribution is 1.85. The van der Waals surface area contributed by atoms with Gasteiger partial charge in [0.2, 0.25) is 0 Å². The Bertz CT molecular complexity index is 177. The topological polar surface area (TPSA) is 75.6 Å². The van der Waals surface area contributed by atoms with E-state index >= 15 is 0 Å². The molecule has 0 spiro atoms. The van der Waals surface area contributed by atoms with Crippen LogP contribution in [0.25, 0.3) is 0 Å². The van der Waals surface area contributed by atoms with Crippen LogP contribution in [0.15, 0.2) is 0 Å². The molecule has 5 nitrogen and oxygen atoms in total. The first-order valence-electron chi connectivity index (χ1n) is 3.36. The summed E-state index contributed by atoms with van der Waals surface area (Å²) in [5.74, 6) is -0.229. The molecule has 0 radical (unpaired) electrons. The van der Waals surface area contributed by atoms with Gasteiger partial charge in [-0.25, -0.2) is 5.48 Å². The van der Waals surface area contributed by atoms with Crippen LogP contribution in [-0.2, 0) is 15.0 Å². The smallest absolute Gasteiger partial charge is 0.264 e. The minimum absolute atomic E-state index is 0.229. The van der Waals surface area contributed by atoms with Crippen LogP contribution in [0.1, 0.15) is 13.3 Å². The third-order valence-electron chi connectivity index (χ3n) is 0.928. The Morgan fingerprint density at radius 2 is 2.18 bits per heavy atom. The molecule has 0 fully saturated rings. The molecule has 0 unspecified atom stereocenters. The predicted octanol–water partition coefficient (Wildman–Crippen LogP) is -0.195. The molecule has 0 saturated heterocycles. The van der Waals surface area contributed by atoms with E-state index in [0.29, 0.717) is 19.6 Å². The molecule has 0 aliphatic carbocycles. The van der Waals surface area contributed by atoms with E-state index in [9.17, 15) is 8.42 Å². The summed E-state index contributed by atoms with van der Waals surface area (Å²) in [7, 11) is -3.81. The zero-order chi connectivity index (χ0) is 8.74. The lowest BCUT2D eigenvalue weighted by atomic mass is 10.5. The highest BCUT2D eigenvalue weighted by atomic mass is 32.2. The monoisotopic (exact) mass is 183 g/mol. The highest BCUT2D eigenvalue weighted by Gasteiger charge is 2.02. The van der Waals surface area contributed by atoms with Gasteiger partial charge >= 0.3 is 0 Å². The summed E-state index contributed by atoms with van der Waals surface area (Å²) >= 11 is 0.